The van der Waals surface area contributed by atoms with Gasteiger partial charge in [0.05, 0.1) is 25.1 Å². The summed E-state index contributed by atoms with van der Waals surface area (Å²) in [6, 6.07) is 6.29. The number of nitrogens with zero attached hydrogens (tertiary/aromatic N) is 3. The van der Waals surface area contributed by atoms with Crippen LogP contribution in [0.4, 0.5) is 0 Å². The van der Waals surface area contributed by atoms with Gasteiger partial charge in [0.15, 0.2) is 0 Å². The lowest BCUT2D eigenvalue weighted by Gasteiger charge is -2.25. The van der Waals surface area contributed by atoms with Gasteiger partial charge in [0.2, 0.25) is 5.88 Å². The van der Waals surface area contributed by atoms with Crippen LogP contribution in [0, 0.1) is 13.8 Å². The van der Waals surface area contributed by atoms with E-state index >= 15 is 0 Å². The van der Waals surface area contributed by atoms with Gasteiger partial charge in [0, 0.05) is 18.0 Å². The summed E-state index contributed by atoms with van der Waals surface area (Å²) in [5.41, 5.74) is 3.77. The Morgan fingerprint density at radius 1 is 1.14 bits per heavy atom. The number of morpholine rings is 1. The van der Waals surface area contributed by atoms with Gasteiger partial charge in [-0.15, -0.1) is 11.3 Å². The van der Waals surface area contributed by atoms with E-state index in [0.717, 1.165) is 78.9 Å². The Morgan fingerprint density at radius 3 is 2.82 bits per heavy atom. The second kappa shape index (κ2) is 7.43. The maximum Gasteiger partial charge on any atom is 0.231 e. The Kier molecular flexibility index (Phi) is 4.78. The summed E-state index contributed by atoms with van der Waals surface area (Å²) in [7, 11) is 0. The fourth-order valence-electron chi connectivity index (χ4n) is 4.13. The third kappa shape index (κ3) is 3.41. The van der Waals surface area contributed by atoms with Crippen LogP contribution in [-0.4, -0.2) is 41.2 Å². The van der Waals surface area contributed by atoms with Crippen molar-refractivity contribution in [2.45, 2.75) is 39.7 Å². The summed E-state index contributed by atoms with van der Waals surface area (Å²) >= 11 is 1.82. The third-order valence-corrected chi connectivity index (χ3v) is 6.77. The van der Waals surface area contributed by atoms with Crippen LogP contribution in [0.25, 0.3) is 10.2 Å². The summed E-state index contributed by atoms with van der Waals surface area (Å²) in [4.78, 5) is 14.7. The number of hydrogen-bond acceptors (Lipinski definition) is 6. The SMILES string of the molecule is Cc1ccc(Oc2nc(CN3CCOCC3)nc3sc4c(c23)CCC4)c(C)c1. The minimum atomic E-state index is 0.722. The highest BCUT2D eigenvalue weighted by molar-refractivity contribution is 7.19. The van der Waals surface area contributed by atoms with Gasteiger partial charge in [0.1, 0.15) is 16.4 Å². The smallest absolute Gasteiger partial charge is 0.231 e. The van der Waals surface area contributed by atoms with E-state index in [1.165, 1.54) is 22.4 Å². The maximum absolute atomic E-state index is 6.40. The van der Waals surface area contributed by atoms with Gasteiger partial charge in [-0.05, 0) is 50.3 Å². The first kappa shape index (κ1) is 18.0. The van der Waals surface area contributed by atoms with Crippen LogP contribution < -0.4 is 4.74 Å². The van der Waals surface area contributed by atoms with Gasteiger partial charge in [0.25, 0.3) is 0 Å². The molecule has 3 aromatic rings. The zero-order chi connectivity index (χ0) is 19.1. The van der Waals surface area contributed by atoms with Crippen molar-refractivity contribution >= 4 is 21.6 Å². The van der Waals surface area contributed by atoms with Crippen LogP contribution >= 0.6 is 11.3 Å². The van der Waals surface area contributed by atoms with Gasteiger partial charge in [-0.25, -0.2) is 4.98 Å². The Morgan fingerprint density at radius 2 is 2.00 bits per heavy atom. The topological polar surface area (TPSA) is 47.5 Å². The summed E-state index contributed by atoms with van der Waals surface area (Å²) in [5.74, 6) is 2.44. The number of rotatable bonds is 4. The molecule has 2 aliphatic rings. The van der Waals surface area contributed by atoms with E-state index in [4.69, 9.17) is 19.4 Å². The van der Waals surface area contributed by atoms with Crippen LogP contribution in [0.3, 0.4) is 0 Å². The quantitative estimate of drug-likeness (QED) is 0.654. The monoisotopic (exact) mass is 395 g/mol. The van der Waals surface area contributed by atoms with Gasteiger partial charge < -0.3 is 9.47 Å². The van der Waals surface area contributed by atoms with Gasteiger partial charge in [-0.1, -0.05) is 17.7 Å². The molecule has 0 spiro atoms. The number of aryl methyl sites for hydroxylation is 4. The van der Waals surface area contributed by atoms with Crippen molar-refractivity contribution in [3.05, 3.63) is 45.6 Å². The van der Waals surface area contributed by atoms with Gasteiger partial charge >= 0.3 is 0 Å². The van der Waals surface area contributed by atoms with Crippen molar-refractivity contribution in [1.29, 1.82) is 0 Å². The van der Waals surface area contributed by atoms with Gasteiger partial charge in [-0.3, -0.25) is 4.90 Å². The first-order chi connectivity index (χ1) is 13.7. The van der Waals surface area contributed by atoms with Crippen LogP contribution in [-0.2, 0) is 24.1 Å². The van der Waals surface area contributed by atoms with Crippen LogP contribution in [0.15, 0.2) is 18.2 Å². The molecule has 0 saturated carbocycles. The third-order valence-electron chi connectivity index (χ3n) is 5.58. The van der Waals surface area contributed by atoms with Crippen molar-refractivity contribution in [2.75, 3.05) is 26.3 Å². The van der Waals surface area contributed by atoms with Crippen LogP contribution in [0.5, 0.6) is 11.6 Å². The predicted octanol–water partition coefficient (Wildman–Crippen LogP) is 4.42. The van der Waals surface area contributed by atoms with E-state index in [9.17, 15) is 0 Å². The Bertz CT molecular complexity index is 1020. The molecule has 0 amide bonds. The van der Waals surface area contributed by atoms with Crippen LogP contribution in [0.2, 0.25) is 0 Å². The number of fused-ring (bicyclic) bond motifs is 3. The molecule has 0 atom stereocenters. The van der Waals surface area contributed by atoms with Crippen LogP contribution in [0.1, 0.15) is 33.8 Å². The van der Waals surface area contributed by atoms with Crippen molar-refractivity contribution in [2.24, 2.45) is 0 Å². The molecule has 0 unspecified atom stereocenters. The lowest BCUT2D eigenvalue weighted by Crippen LogP contribution is -2.36. The summed E-state index contributed by atoms with van der Waals surface area (Å²) in [6.45, 7) is 8.35. The highest BCUT2D eigenvalue weighted by Crippen LogP contribution is 2.42. The first-order valence-corrected chi connectivity index (χ1v) is 10.9. The predicted molar refractivity (Wildman–Crippen MR) is 112 cm³/mol. The molecule has 5 rings (SSSR count). The number of thiophene rings is 1. The van der Waals surface area contributed by atoms with E-state index < -0.39 is 0 Å². The molecule has 6 heteroatoms. The zero-order valence-electron chi connectivity index (χ0n) is 16.5. The Balaban J connectivity index is 1.56. The molecule has 1 saturated heterocycles. The summed E-state index contributed by atoms with van der Waals surface area (Å²) in [6.07, 6.45) is 3.47. The molecule has 0 bridgehead atoms. The van der Waals surface area contributed by atoms with E-state index in [1.54, 1.807) is 0 Å². The first-order valence-electron chi connectivity index (χ1n) is 10.0. The normalized spacial score (nSPS) is 17.2. The molecule has 1 aliphatic heterocycles. The molecule has 0 radical (unpaired) electrons. The lowest BCUT2D eigenvalue weighted by molar-refractivity contribution is 0.0330. The maximum atomic E-state index is 6.40. The largest absolute Gasteiger partial charge is 0.438 e. The minimum absolute atomic E-state index is 0.722. The van der Waals surface area contributed by atoms with E-state index in [2.05, 4.69) is 30.9 Å². The van der Waals surface area contributed by atoms with Crippen molar-refractivity contribution in [1.82, 2.24) is 14.9 Å². The molecule has 2 aromatic heterocycles. The molecule has 0 N–H and O–H groups in total. The fourth-order valence-corrected chi connectivity index (χ4v) is 5.40. The minimum Gasteiger partial charge on any atom is -0.438 e. The lowest BCUT2D eigenvalue weighted by atomic mass is 10.1. The van der Waals surface area contributed by atoms with Crippen molar-refractivity contribution in [3.8, 4) is 11.6 Å². The fraction of sp³-hybridized carbons (Fsp3) is 0.455. The average Bonchev–Trinajstić information content (AvgIpc) is 3.25. The molecular formula is C22H25N3O2S. The molecule has 1 fully saturated rings. The van der Waals surface area contributed by atoms with E-state index in [-0.39, 0.29) is 0 Å². The summed E-state index contributed by atoms with van der Waals surface area (Å²) < 4.78 is 11.9. The van der Waals surface area contributed by atoms with Gasteiger partial charge in [-0.2, -0.15) is 4.98 Å². The van der Waals surface area contributed by atoms with Crippen molar-refractivity contribution in [3.63, 3.8) is 0 Å². The van der Waals surface area contributed by atoms with E-state index in [1.807, 2.05) is 17.4 Å². The second-order valence-corrected chi connectivity index (χ2v) is 8.83. The Labute approximate surface area is 169 Å². The summed E-state index contributed by atoms with van der Waals surface area (Å²) in [5, 5.41) is 1.13. The zero-order valence-corrected chi connectivity index (χ0v) is 17.3. The highest BCUT2D eigenvalue weighted by atomic mass is 32.1. The molecule has 1 aromatic carbocycles. The molecule has 146 valence electrons. The number of benzene rings is 1. The molecular weight excluding hydrogens is 370 g/mol. The highest BCUT2D eigenvalue weighted by Gasteiger charge is 2.24. The van der Waals surface area contributed by atoms with Crippen molar-refractivity contribution < 1.29 is 9.47 Å². The number of hydrogen-bond donors (Lipinski definition) is 0. The number of ether oxygens (including phenoxy) is 2. The number of aromatic nitrogens is 2. The van der Waals surface area contributed by atoms with E-state index in [0.29, 0.717) is 0 Å². The molecule has 5 nitrogen and oxygen atoms in total. The molecule has 3 heterocycles. The standard InChI is InChI=1S/C22H25N3O2S/c1-14-6-7-17(15(2)12-14)27-21-20-16-4-3-5-18(16)28-22(20)24-19(23-21)13-25-8-10-26-11-9-25/h6-7,12H,3-5,8-11,13H2,1-2H3. The molecule has 28 heavy (non-hydrogen) atoms. The second-order valence-electron chi connectivity index (χ2n) is 7.74. The average molecular weight is 396 g/mol. The molecule has 1 aliphatic carbocycles. The Hall–Kier alpha value is -2.02.